The van der Waals surface area contributed by atoms with E-state index in [4.69, 9.17) is 4.52 Å². The van der Waals surface area contributed by atoms with Crippen molar-refractivity contribution in [2.45, 2.75) is 64.0 Å². The fraction of sp³-hybridized carbons (Fsp3) is 0.545. The largest absolute Gasteiger partial charge is 0.350 e. The lowest BCUT2D eigenvalue weighted by molar-refractivity contribution is 0.0900. The van der Waals surface area contributed by atoms with Gasteiger partial charge in [-0.3, -0.25) is 9.69 Å². The highest BCUT2D eigenvalue weighted by Crippen LogP contribution is 2.24. The van der Waals surface area contributed by atoms with Crippen LogP contribution in [0.2, 0.25) is 0 Å². The molecule has 2 aromatic rings. The Bertz CT molecular complexity index is 756. The van der Waals surface area contributed by atoms with Crippen molar-refractivity contribution < 1.29 is 9.32 Å². The second-order valence-corrected chi connectivity index (χ2v) is 7.79. The Labute approximate surface area is 161 Å². The maximum atomic E-state index is 12.5. The smallest absolute Gasteiger partial charge is 0.290 e. The van der Waals surface area contributed by atoms with E-state index in [0.29, 0.717) is 18.3 Å². The first-order chi connectivity index (χ1) is 13.3. The topological polar surface area (TPSA) is 58.4 Å². The van der Waals surface area contributed by atoms with E-state index in [0.717, 1.165) is 56.5 Å². The number of hydrogen-bond acceptors (Lipinski definition) is 4. The number of fused-ring (bicyclic) bond motifs is 1. The van der Waals surface area contributed by atoms with Gasteiger partial charge in [-0.15, -0.1) is 0 Å². The summed E-state index contributed by atoms with van der Waals surface area (Å²) in [5, 5.41) is 7.16. The van der Waals surface area contributed by atoms with Crippen LogP contribution in [0.25, 0.3) is 0 Å². The van der Waals surface area contributed by atoms with Crippen LogP contribution in [-0.2, 0) is 19.4 Å². The Morgan fingerprint density at radius 3 is 2.89 bits per heavy atom. The van der Waals surface area contributed by atoms with Gasteiger partial charge in [-0.05, 0) is 57.1 Å². The summed E-state index contributed by atoms with van der Waals surface area (Å²) in [6.45, 7) is 2.82. The predicted octanol–water partition coefficient (Wildman–Crippen LogP) is 3.73. The van der Waals surface area contributed by atoms with Gasteiger partial charge >= 0.3 is 0 Å². The molecule has 5 nitrogen and oxygen atoms in total. The van der Waals surface area contributed by atoms with Crippen molar-refractivity contribution in [1.29, 1.82) is 0 Å². The fourth-order valence-corrected chi connectivity index (χ4v) is 4.41. The molecule has 1 amide bonds. The zero-order chi connectivity index (χ0) is 18.5. The number of aromatic nitrogens is 1. The summed E-state index contributed by atoms with van der Waals surface area (Å²) in [6.07, 6.45) is 8.83. The first kappa shape index (κ1) is 18.2. The lowest BCUT2D eigenvalue weighted by Gasteiger charge is -2.36. The molecular formula is C22H29N3O2. The third-order valence-corrected chi connectivity index (χ3v) is 5.91. The number of carbonyl (C=O) groups is 1. The number of nitrogens with one attached hydrogen (secondary N) is 1. The van der Waals surface area contributed by atoms with Crippen molar-refractivity contribution >= 4 is 5.91 Å². The van der Waals surface area contributed by atoms with E-state index in [1.54, 1.807) is 0 Å². The van der Waals surface area contributed by atoms with Gasteiger partial charge in [0.2, 0.25) is 5.76 Å². The minimum absolute atomic E-state index is 0.101. The summed E-state index contributed by atoms with van der Waals surface area (Å²) < 4.78 is 5.35. The third-order valence-electron chi connectivity index (χ3n) is 5.91. The monoisotopic (exact) mass is 367 g/mol. The molecule has 0 spiro atoms. The molecule has 1 N–H and O–H groups in total. The van der Waals surface area contributed by atoms with Crippen molar-refractivity contribution in [1.82, 2.24) is 15.4 Å². The van der Waals surface area contributed by atoms with E-state index in [9.17, 15) is 4.79 Å². The number of aryl methyl sites for hydroxylation is 1. The van der Waals surface area contributed by atoms with Crippen LogP contribution in [0.1, 0.15) is 65.9 Å². The van der Waals surface area contributed by atoms with E-state index < -0.39 is 0 Å². The molecule has 0 bridgehead atoms. The summed E-state index contributed by atoms with van der Waals surface area (Å²) in [5.41, 5.74) is 3.37. The van der Waals surface area contributed by atoms with Crippen molar-refractivity contribution in [3.05, 3.63) is 52.9 Å². The molecule has 2 heterocycles. The Balaban J connectivity index is 1.30. The number of piperidine rings is 1. The predicted molar refractivity (Wildman–Crippen MR) is 105 cm³/mol. The highest BCUT2D eigenvalue weighted by Gasteiger charge is 2.25. The van der Waals surface area contributed by atoms with E-state index in [-0.39, 0.29) is 5.91 Å². The molecular weight excluding hydrogens is 338 g/mol. The number of likely N-dealkylation sites (tertiary alicyclic amines) is 1. The van der Waals surface area contributed by atoms with E-state index in [2.05, 4.69) is 45.7 Å². The van der Waals surface area contributed by atoms with Crippen LogP contribution < -0.4 is 5.32 Å². The molecule has 2 aliphatic rings. The molecule has 0 unspecified atom stereocenters. The highest BCUT2D eigenvalue weighted by atomic mass is 16.5. The Kier molecular flexibility index (Phi) is 5.87. The van der Waals surface area contributed by atoms with Gasteiger partial charge < -0.3 is 9.84 Å². The second-order valence-electron chi connectivity index (χ2n) is 7.79. The lowest BCUT2D eigenvalue weighted by atomic mass is 9.96. The van der Waals surface area contributed by atoms with Crippen LogP contribution in [0.15, 0.2) is 34.9 Å². The zero-order valence-corrected chi connectivity index (χ0v) is 16.0. The maximum Gasteiger partial charge on any atom is 0.290 e. The third kappa shape index (κ3) is 4.41. The molecule has 0 saturated carbocycles. The van der Waals surface area contributed by atoms with Crippen LogP contribution in [-0.4, -0.2) is 35.1 Å². The lowest BCUT2D eigenvalue weighted by Crippen LogP contribution is -2.41. The van der Waals surface area contributed by atoms with Gasteiger partial charge in [0, 0.05) is 24.7 Å². The van der Waals surface area contributed by atoms with Crippen LogP contribution in [0.3, 0.4) is 0 Å². The number of benzene rings is 1. The SMILES string of the molecule is O=C(NCC[C@H]1CCCCN1Cc1ccccc1)c1onc2c1CCCC2. The fourth-order valence-electron chi connectivity index (χ4n) is 4.41. The molecule has 27 heavy (non-hydrogen) atoms. The Morgan fingerprint density at radius 2 is 2.00 bits per heavy atom. The van der Waals surface area contributed by atoms with Gasteiger partial charge in [-0.2, -0.15) is 0 Å². The molecule has 1 aromatic carbocycles. The van der Waals surface area contributed by atoms with E-state index in [1.807, 2.05) is 0 Å². The van der Waals surface area contributed by atoms with Gasteiger partial charge in [0.15, 0.2) is 0 Å². The molecule has 5 heteroatoms. The van der Waals surface area contributed by atoms with Gasteiger partial charge in [0.25, 0.3) is 5.91 Å². The number of hydrogen-bond donors (Lipinski definition) is 1. The highest BCUT2D eigenvalue weighted by molar-refractivity contribution is 5.93. The first-order valence-electron chi connectivity index (χ1n) is 10.3. The number of amides is 1. The molecule has 1 aromatic heterocycles. The standard InChI is InChI=1S/C22H29N3O2/c26-22(21-19-11-4-5-12-20(19)24-27-21)23-14-13-18-10-6-7-15-25(18)16-17-8-2-1-3-9-17/h1-3,8-9,18H,4-7,10-16H2,(H,23,26)/t18-/m1/s1. The minimum atomic E-state index is -0.101. The van der Waals surface area contributed by atoms with Crippen molar-refractivity contribution in [2.24, 2.45) is 0 Å². The van der Waals surface area contributed by atoms with Gasteiger partial charge in [0.1, 0.15) is 0 Å². The van der Waals surface area contributed by atoms with Gasteiger partial charge in [-0.1, -0.05) is 41.9 Å². The average molecular weight is 367 g/mol. The van der Waals surface area contributed by atoms with E-state index >= 15 is 0 Å². The van der Waals surface area contributed by atoms with Gasteiger partial charge in [0.05, 0.1) is 5.69 Å². The molecule has 1 fully saturated rings. The van der Waals surface area contributed by atoms with Crippen molar-refractivity contribution in [3.8, 4) is 0 Å². The summed E-state index contributed by atoms with van der Waals surface area (Å²) in [4.78, 5) is 15.1. The normalized spacial score (nSPS) is 20.2. The summed E-state index contributed by atoms with van der Waals surface area (Å²) >= 11 is 0. The minimum Gasteiger partial charge on any atom is -0.350 e. The molecule has 0 radical (unpaired) electrons. The maximum absolute atomic E-state index is 12.5. The summed E-state index contributed by atoms with van der Waals surface area (Å²) in [5.74, 6) is 0.338. The molecule has 1 atom stereocenters. The summed E-state index contributed by atoms with van der Waals surface area (Å²) in [7, 11) is 0. The van der Waals surface area contributed by atoms with Crippen LogP contribution in [0.5, 0.6) is 0 Å². The first-order valence-corrected chi connectivity index (χ1v) is 10.3. The summed E-state index contributed by atoms with van der Waals surface area (Å²) in [6, 6.07) is 11.2. The Morgan fingerprint density at radius 1 is 1.15 bits per heavy atom. The second kappa shape index (κ2) is 8.70. The van der Waals surface area contributed by atoms with Crippen LogP contribution >= 0.6 is 0 Å². The Hall–Kier alpha value is -2.14. The average Bonchev–Trinajstić information content (AvgIpc) is 3.14. The van der Waals surface area contributed by atoms with E-state index in [1.165, 1.54) is 24.8 Å². The molecule has 4 rings (SSSR count). The molecule has 1 aliphatic heterocycles. The zero-order valence-electron chi connectivity index (χ0n) is 16.0. The number of rotatable bonds is 6. The number of carbonyl (C=O) groups excluding carboxylic acids is 1. The van der Waals surface area contributed by atoms with Crippen LogP contribution in [0, 0.1) is 0 Å². The number of nitrogens with zero attached hydrogens (tertiary/aromatic N) is 2. The van der Waals surface area contributed by atoms with Gasteiger partial charge in [-0.25, -0.2) is 0 Å². The molecule has 1 aliphatic carbocycles. The van der Waals surface area contributed by atoms with Crippen molar-refractivity contribution in [3.63, 3.8) is 0 Å². The quantitative estimate of drug-likeness (QED) is 0.845. The van der Waals surface area contributed by atoms with Crippen molar-refractivity contribution in [2.75, 3.05) is 13.1 Å². The van der Waals surface area contributed by atoms with Crippen LogP contribution in [0.4, 0.5) is 0 Å². The molecule has 1 saturated heterocycles. The molecule has 144 valence electrons.